The number of nitriles is 1. The number of hydrogen-bond donors (Lipinski definition) is 2. The Bertz CT molecular complexity index is 2610. The molecule has 3 aromatic carbocycles. The number of imide groups is 1. The van der Waals surface area contributed by atoms with Gasteiger partial charge in [-0.15, -0.1) is 5.10 Å². The number of likely N-dealkylation sites (tertiary alicyclic amines) is 1. The first kappa shape index (κ1) is 43.4. The van der Waals surface area contributed by atoms with Crippen LogP contribution in [0.2, 0.25) is 5.02 Å². The third-order valence-corrected chi connectivity index (χ3v) is 13.8. The molecule has 1 unspecified atom stereocenters. The van der Waals surface area contributed by atoms with Gasteiger partial charge in [0, 0.05) is 84.7 Å². The van der Waals surface area contributed by atoms with E-state index >= 15 is 0 Å². The predicted molar refractivity (Wildman–Crippen MR) is 237 cm³/mol. The molecule has 1 aliphatic carbocycles. The number of benzene rings is 3. The fourth-order valence-electron chi connectivity index (χ4n) is 10.2. The zero-order chi connectivity index (χ0) is 44.6. The van der Waals surface area contributed by atoms with E-state index in [0.29, 0.717) is 77.7 Å². The average Bonchev–Trinajstić information content (AvgIpc) is 3.28. The van der Waals surface area contributed by atoms with Crippen LogP contribution in [-0.2, 0) is 14.4 Å². The van der Waals surface area contributed by atoms with Crippen molar-refractivity contribution in [2.75, 3.05) is 31.1 Å². The van der Waals surface area contributed by atoms with Crippen LogP contribution >= 0.6 is 11.6 Å². The predicted octanol–water partition coefficient (Wildman–Crippen LogP) is 5.80. The smallest absolute Gasteiger partial charge is 0.278 e. The summed E-state index contributed by atoms with van der Waals surface area (Å²) in [7, 11) is 0. The number of rotatable bonds is 8. The molecule has 326 valence electrons. The molecule has 4 aromatic rings. The van der Waals surface area contributed by atoms with E-state index in [1.54, 1.807) is 42.5 Å². The summed E-state index contributed by atoms with van der Waals surface area (Å²) >= 11 is 6.24. The minimum absolute atomic E-state index is 0.0588. The van der Waals surface area contributed by atoms with Gasteiger partial charge in [-0.1, -0.05) is 56.4 Å². The van der Waals surface area contributed by atoms with Gasteiger partial charge < -0.3 is 19.9 Å². The van der Waals surface area contributed by atoms with Crippen LogP contribution in [0.1, 0.15) is 100 Å². The zero-order valence-electron chi connectivity index (χ0n) is 35.9. The summed E-state index contributed by atoms with van der Waals surface area (Å²) in [6.45, 7) is 11.1. The highest BCUT2D eigenvalue weighted by molar-refractivity contribution is 6.31. The molecule has 4 fully saturated rings. The average molecular weight is 871 g/mol. The van der Waals surface area contributed by atoms with Gasteiger partial charge >= 0.3 is 0 Å². The summed E-state index contributed by atoms with van der Waals surface area (Å²) < 4.78 is 7.43. The normalized spacial score (nSPS) is 22.3. The number of aromatic nitrogens is 3. The fraction of sp³-hybridized carbons (Fsp3) is 0.458. The molecule has 2 N–H and O–H groups in total. The maximum atomic E-state index is 13.6. The Kier molecular flexibility index (Phi) is 12.0. The lowest BCUT2D eigenvalue weighted by Crippen LogP contribution is -2.74. The summed E-state index contributed by atoms with van der Waals surface area (Å²) in [5, 5.41) is 23.6. The van der Waals surface area contributed by atoms with E-state index in [9.17, 15) is 29.2 Å². The Morgan fingerprint density at radius 3 is 2.30 bits per heavy atom. The molecular formula is C48H51ClN8O6. The molecular weight excluding hydrogens is 820 g/mol. The van der Waals surface area contributed by atoms with Crippen LogP contribution in [0.3, 0.4) is 0 Å². The molecule has 1 atom stereocenters. The second kappa shape index (κ2) is 17.5. The lowest BCUT2D eigenvalue weighted by molar-refractivity contribution is -0.164. The highest BCUT2D eigenvalue weighted by Crippen LogP contribution is 2.55. The Morgan fingerprint density at radius 2 is 1.63 bits per heavy atom. The highest BCUT2D eigenvalue weighted by atomic mass is 35.5. The van der Waals surface area contributed by atoms with Crippen LogP contribution in [0.4, 0.5) is 5.69 Å². The Balaban J connectivity index is 0.781. The molecule has 14 nitrogen and oxygen atoms in total. The number of ether oxygens (including phenoxy) is 1. The lowest BCUT2D eigenvalue weighted by atomic mass is 9.49. The molecule has 1 aromatic heterocycles. The van der Waals surface area contributed by atoms with Gasteiger partial charge in [-0.2, -0.15) is 9.94 Å². The number of anilines is 1. The number of halogens is 1. The number of piperidine rings is 3. The molecule has 0 spiro atoms. The van der Waals surface area contributed by atoms with E-state index in [1.807, 2.05) is 23.1 Å². The molecule has 3 aliphatic heterocycles. The number of amides is 4. The van der Waals surface area contributed by atoms with Crippen molar-refractivity contribution in [1.82, 2.24) is 30.5 Å². The molecule has 4 amide bonds. The SMILES string of the molecule is CC1(C)[C@H](NC(=O)c2ccc(C#CCC3CCN(C(=O)C4CCN(c5ccc6nnn(C7CCC(=O)NC7=O)c(=O)c6c5)CC4)CC3)cc2)C(C)(C)[C@H]1Oc1ccc(C#N)c(Cl)c1. The number of hydrogen-bond acceptors (Lipinski definition) is 10. The van der Waals surface area contributed by atoms with Gasteiger partial charge in [-0.3, -0.25) is 29.3 Å². The van der Waals surface area contributed by atoms with Crippen molar-refractivity contribution in [3.8, 4) is 23.7 Å². The van der Waals surface area contributed by atoms with Crippen LogP contribution in [0.25, 0.3) is 10.9 Å². The Morgan fingerprint density at radius 1 is 0.921 bits per heavy atom. The molecule has 4 aliphatic rings. The van der Waals surface area contributed by atoms with E-state index in [2.05, 4.69) is 71.5 Å². The molecule has 4 heterocycles. The van der Waals surface area contributed by atoms with Crippen LogP contribution in [-0.4, -0.2) is 81.8 Å². The summed E-state index contributed by atoms with van der Waals surface area (Å²) in [5.41, 5.74) is 1.89. The Labute approximate surface area is 371 Å². The van der Waals surface area contributed by atoms with Gasteiger partial charge in [0.05, 0.1) is 16.0 Å². The van der Waals surface area contributed by atoms with Gasteiger partial charge in [-0.25, -0.2) is 0 Å². The van der Waals surface area contributed by atoms with Crippen LogP contribution in [0, 0.1) is 45.8 Å². The van der Waals surface area contributed by atoms with E-state index in [1.165, 1.54) is 0 Å². The van der Waals surface area contributed by atoms with Crippen molar-refractivity contribution in [1.29, 1.82) is 5.26 Å². The first-order valence-electron chi connectivity index (χ1n) is 21.7. The standard InChI is InChI=1S/C48H51ClN8O6/c1-47(2)45(48(3,4)46(47)63-35-14-12-33(28-50)37(49)27-35)52-41(59)31-10-8-29(9-11-31)6-5-7-30-18-22-56(23-19-30)43(61)32-20-24-55(25-21-32)34-13-15-38-36(26-34)44(62)57(54-53-38)39-16-17-40(58)51-42(39)60/h8-15,26-27,30,32,39,45-46H,7,16-25H2,1-4H3,(H,52,59)(H,51,58,60)/t39?,45-,46-. The number of fused-ring (bicyclic) bond motifs is 1. The van der Waals surface area contributed by atoms with Crippen molar-refractivity contribution in [2.24, 2.45) is 22.7 Å². The van der Waals surface area contributed by atoms with Crippen molar-refractivity contribution in [3.63, 3.8) is 0 Å². The van der Waals surface area contributed by atoms with Gasteiger partial charge in [0.2, 0.25) is 11.8 Å². The summed E-state index contributed by atoms with van der Waals surface area (Å²) in [4.78, 5) is 68.6. The first-order chi connectivity index (χ1) is 30.1. The summed E-state index contributed by atoms with van der Waals surface area (Å²) in [6, 6.07) is 18.9. The number of nitrogens with one attached hydrogen (secondary N) is 2. The van der Waals surface area contributed by atoms with Crippen LogP contribution < -0.4 is 25.8 Å². The molecule has 15 heteroatoms. The third kappa shape index (κ3) is 8.74. The van der Waals surface area contributed by atoms with E-state index in [0.717, 1.165) is 35.2 Å². The van der Waals surface area contributed by atoms with Crippen molar-refractivity contribution in [3.05, 3.63) is 92.7 Å². The van der Waals surface area contributed by atoms with E-state index < -0.39 is 17.5 Å². The number of nitrogens with zero attached hydrogens (tertiary/aromatic N) is 6. The topological polar surface area (TPSA) is 180 Å². The van der Waals surface area contributed by atoms with Crippen LogP contribution in [0.5, 0.6) is 5.75 Å². The first-order valence-corrected chi connectivity index (χ1v) is 22.0. The van der Waals surface area contributed by atoms with Crippen LogP contribution in [0.15, 0.2) is 65.5 Å². The lowest BCUT2D eigenvalue weighted by Gasteiger charge is -2.63. The maximum Gasteiger partial charge on any atom is 0.278 e. The number of carbonyl (C=O) groups excluding carboxylic acids is 4. The monoisotopic (exact) mass is 870 g/mol. The second-order valence-corrected chi connectivity index (χ2v) is 18.8. The van der Waals surface area contributed by atoms with Crippen molar-refractivity contribution in [2.45, 2.75) is 90.8 Å². The van der Waals surface area contributed by atoms with Gasteiger partial charge in [-0.05, 0) is 92.6 Å². The summed E-state index contributed by atoms with van der Waals surface area (Å²) in [5.74, 6) is 6.65. The second-order valence-electron chi connectivity index (χ2n) is 18.4. The van der Waals surface area contributed by atoms with E-state index in [4.69, 9.17) is 16.3 Å². The molecule has 63 heavy (non-hydrogen) atoms. The van der Waals surface area contributed by atoms with E-state index in [-0.39, 0.29) is 59.5 Å². The quantitative estimate of drug-likeness (QED) is 0.162. The van der Waals surface area contributed by atoms with Crippen molar-refractivity contribution < 1.29 is 23.9 Å². The molecule has 1 saturated carbocycles. The van der Waals surface area contributed by atoms with Crippen molar-refractivity contribution >= 4 is 51.8 Å². The number of carbonyl (C=O) groups is 4. The van der Waals surface area contributed by atoms with Gasteiger partial charge in [0.15, 0.2) is 0 Å². The minimum atomic E-state index is -0.886. The fourth-order valence-corrected chi connectivity index (χ4v) is 10.4. The maximum absolute atomic E-state index is 13.6. The Hall–Kier alpha value is -6.25. The largest absolute Gasteiger partial charge is 0.489 e. The van der Waals surface area contributed by atoms with Gasteiger partial charge in [0.25, 0.3) is 17.4 Å². The molecule has 0 bridgehead atoms. The third-order valence-electron chi connectivity index (χ3n) is 13.5. The highest BCUT2D eigenvalue weighted by Gasteiger charge is 2.64. The molecule has 3 saturated heterocycles. The minimum Gasteiger partial charge on any atom is -0.489 e. The molecule has 0 radical (unpaired) electrons. The molecule has 8 rings (SSSR count). The zero-order valence-corrected chi connectivity index (χ0v) is 36.7. The van der Waals surface area contributed by atoms with Gasteiger partial charge in [0.1, 0.15) is 29.5 Å². The summed E-state index contributed by atoms with van der Waals surface area (Å²) in [6.07, 6.45) is 4.08.